The molecule has 0 aliphatic carbocycles. The molecule has 0 heterocycles. The van der Waals surface area contributed by atoms with Crippen LogP contribution in [0, 0.1) is 11.3 Å². The number of aliphatic hydroxyl groups excluding tert-OH is 1. The molecule has 15 heavy (non-hydrogen) atoms. The number of nitriles is 1. The van der Waals surface area contributed by atoms with Crippen molar-refractivity contribution in [1.82, 2.24) is 0 Å². The first-order chi connectivity index (χ1) is 7.13. The molecule has 0 aliphatic rings. The summed E-state index contributed by atoms with van der Waals surface area (Å²) in [5.74, 6) is -0.639. The highest BCUT2D eigenvalue weighted by molar-refractivity contribution is 5.91. The summed E-state index contributed by atoms with van der Waals surface area (Å²) in [6.07, 6.45) is 0. The van der Waals surface area contributed by atoms with Gasteiger partial charge in [-0.1, -0.05) is 6.58 Å². The van der Waals surface area contributed by atoms with Gasteiger partial charge in [0.05, 0.1) is 19.8 Å². The molecule has 0 rings (SSSR count). The lowest BCUT2D eigenvalue weighted by Gasteiger charge is -1.95. The Balaban J connectivity index is 0. The highest BCUT2D eigenvalue weighted by Crippen LogP contribution is 1.90. The summed E-state index contributed by atoms with van der Waals surface area (Å²) in [5, 5.41) is 16.2. The lowest BCUT2D eigenvalue weighted by Crippen LogP contribution is -2.04. The van der Waals surface area contributed by atoms with E-state index in [1.165, 1.54) is 0 Å². The van der Waals surface area contributed by atoms with Gasteiger partial charge in [-0.25, -0.2) is 4.79 Å². The number of esters is 1. The fourth-order valence-electron chi connectivity index (χ4n) is 0.473. The van der Waals surface area contributed by atoms with Crippen LogP contribution in [0.3, 0.4) is 0 Å². The molecule has 5 heteroatoms. The normalized spacial score (nSPS) is 8.13. The van der Waals surface area contributed by atoms with Crippen molar-refractivity contribution in [2.45, 2.75) is 13.8 Å². The number of hydrogen-bond acceptors (Lipinski definition) is 5. The zero-order chi connectivity index (χ0) is 12.1. The van der Waals surface area contributed by atoms with Crippen molar-refractivity contribution in [1.29, 1.82) is 5.26 Å². The van der Waals surface area contributed by atoms with E-state index in [2.05, 4.69) is 11.3 Å². The molecule has 0 saturated heterocycles. The van der Waals surface area contributed by atoms with Gasteiger partial charge in [0.1, 0.15) is 11.6 Å². The van der Waals surface area contributed by atoms with E-state index in [1.54, 1.807) is 13.0 Å². The van der Waals surface area contributed by atoms with E-state index in [-0.39, 0.29) is 18.8 Å². The Labute approximate surface area is 89.9 Å². The summed E-state index contributed by atoms with van der Waals surface area (Å²) in [7, 11) is 0. The van der Waals surface area contributed by atoms with Crippen LogP contribution in [0.25, 0.3) is 0 Å². The molecule has 0 bridgehead atoms. The predicted molar refractivity (Wildman–Crippen MR) is 55.0 cm³/mol. The standard InChI is InChI=1S/C6H7NO2.C4H10O2/c1-3-9-6(8)5(2)4-7;1-2-6-4-3-5/h2-3H2,1H3;5H,2-4H2,1H3. The topological polar surface area (TPSA) is 79.6 Å². The minimum absolute atomic E-state index is 0.133. The van der Waals surface area contributed by atoms with Crippen molar-refractivity contribution in [3.63, 3.8) is 0 Å². The number of ether oxygens (including phenoxy) is 2. The van der Waals surface area contributed by atoms with Crippen molar-refractivity contribution in [3.05, 3.63) is 12.2 Å². The van der Waals surface area contributed by atoms with E-state index in [4.69, 9.17) is 15.1 Å². The molecule has 1 N–H and O–H groups in total. The van der Waals surface area contributed by atoms with Crippen LogP contribution in [-0.4, -0.2) is 37.5 Å². The number of carbonyl (C=O) groups is 1. The Morgan fingerprint density at radius 3 is 2.33 bits per heavy atom. The maximum atomic E-state index is 10.4. The number of hydrogen-bond donors (Lipinski definition) is 1. The molecule has 0 atom stereocenters. The zero-order valence-electron chi connectivity index (χ0n) is 9.15. The Morgan fingerprint density at radius 2 is 2.07 bits per heavy atom. The predicted octanol–water partition coefficient (Wildman–Crippen LogP) is 0.644. The average molecular weight is 215 g/mol. The van der Waals surface area contributed by atoms with E-state index < -0.39 is 5.97 Å². The van der Waals surface area contributed by atoms with Crippen LogP contribution in [0.2, 0.25) is 0 Å². The molecule has 0 aromatic heterocycles. The average Bonchev–Trinajstić information content (AvgIpc) is 2.26. The fourth-order valence-corrected chi connectivity index (χ4v) is 0.473. The Hall–Kier alpha value is -1.38. The van der Waals surface area contributed by atoms with Crippen molar-refractivity contribution < 1.29 is 19.4 Å². The second kappa shape index (κ2) is 12.6. The zero-order valence-corrected chi connectivity index (χ0v) is 9.15. The Morgan fingerprint density at radius 1 is 1.47 bits per heavy atom. The molecular formula is C10H17NO4. The van der Waals surface area contributed by atoms with Crippen molar-refractivity contribution in [3.8, 4) is 6.07 Å². The van der Waals surface area contributed by atoms with E-state index in [0.717, 1.165) is 0 Å². The quantitative estimate of drug-likeness (QED) is 0.315. The van der Waals surface area contributed by atoms with Crippen LogP contribution in [-0.2, 0) is 14.3 Å². The smallest absolute Gasteiger partial charge is 0.348 e. The third-order valence-corrected chi connectivity index (χ3v) is 1.10. The molecule has 5 nitrogen and oxygen atoms in total. The van der Waals surface area contributed by atoms with Gasteiger partial charge in [-0.2, -0.15) is 5.26 Å². The summed E-state index contributed by atoms with van der Waals surface area (Å²) >= 11 is 0. The van der Waals surface area contributed by atoms with Gasteiger partial charge in [-0.3, -0.25) is 0 Å². The lowest BCUT2D eigenvalue weighted by atomic mass is 10.3. The molecule has 0 aliphatic heterocycles. The summed E-state index contributed by atoms with van der Waals surface area (Å²) in [6, 6.07) is 1.58. The van der Waals surface area contributed by atoms with Crippen molar-refractivity contribution in [2.24, 2.45) is 0 Å². The number of nitrogens with zero attached hydrogens (tertiary/aromatic N) is 1. The monoisotopic (exact) mass is 215 g/mol. The summed E-state index contributed by atoms with van der Waals surface area (Å²) in [4.78, 5) is 10.4. The number of carbonyl (C=O) groups excluding carboxylic acids is 1. The van der Waals surface area contributed by atoms with Crippen LogP contribution >= 0.6 is 0 Å². The van der Waals surface area contributed by atoms with Gasteiger partial charge < -0.3 is 14.6 Å². The molecule has 86 valence electrons. The second-order valence-corrected chi connectivity index (χ2v) is 2.23. The lowest BCUT2D eigenvalue weighted by molar-refractivity contribution is -0.137. The van der Waals surface area contributed by atoms with E-state index in [9.17, 15) is 4.79 Å². The van der Waals surface area contributed by atoms with Crippen LogP contribution in [0.15, 0.2) is 12.2 Å². The van der Waals surface area contributed by atoms with Crippen LogP contribution in [0.4, 0.5) is 0 Å². The van der Waals surface area contributed by atoms with Gasteiger partial charge in [0.25, 0.3) is 0 Å². The van der Waals surface area contributed by atoms with Gasteiger partial charge in [0, 0.05) is 6.61 Å². The van der Waals surface area contributed by atoms with Gasteiger partial charge in [0.15, 0.2) is 0 Å². The molecule has 0 amide bonds. The van der Waals surface area contributed by atoms with E-state index in [0.29, 0.717) is 13.2 Å². The summed E-state index contributed by atoms with van der Waals surface area (Å²) in [5.41, 5.74) is -0.156. The summed E-state index contributed by atoms with van der Waals surface area (Å²) < 4.78 is 9.17. The molecule has 0 radical (unpaired) electrons. The van der Waals surface area contributed by atoms with Crippen LogP contribution < -0.4 is 0 Å². The first-order valence-corrected chi connectivity index (χ1v) is 4.58. The van der Waals surface area contributed by atoms with E-state index >= 15 is 0 Å². The van der Waals surface area contributed by atoms with Gasteiger partial charge >= 0.3 is 5.97 Å². The molecule has 0 saturated carbocycles. The van der Waals surface area contributed by atoms with Crippen molar-refractivity contribution >= 4 is 5.97 Å². The third kappa shape index (κ3) is 12.6. The maximum absolute atomic E-state index is 10.4. The number of aliphatic hydroxyl groups is 1. The summed E-state index contributed by atoms with van der Waals surface area (Å²) in [6.45, 7) is 8.30. The number of rotatable bonds is 5. The van der Waals surface area contributed by atoms with E-state index in [1.807, 2.05) is 6.92 Å². The highest BCUT2D eigenvalue weighted by Gasteiger charge is 2.03. The van der Waals surface area contributed by atoms with Crippen LogP contribution in [0.5, 0.6) is 0 Å². The molecule has 0 aromatic rings. The molecule has 0 unspecified atom stereocenters. The Kier molecular flexibility index (Phi) is 13.5. The van der Waals surface area contributed by atoms with Gasteiger partial charge in [0.2, 0.25) is 0 Å². The SMILES string of the molecule is C=C(C#N)C(=O)OCC.CCOCCO. The van der Waals surface area contributed by atoms with Crippen molar-refractivity contribution in [2.75, 3.05) is 26.4 Å². The first kappa shape index (κ1) is 16.1. The minimum Gasteiger partial charge on any atom is -0.462 e. The molecular weight excluding hydrogens is 198 g/mol. The molecule has 0 aromatic carbocycles. The maximum Gasteiger partial charge on any atom is 0.348 e. The second-order valence-electron chi connectivity index (χ2n) is 2.23. The third-order valence-electron chi connectivity index (χ3n) is 1.10. The minimum atomic E-state index is -0.639. The fraction of sp³-hybridized carbons (Fsp3) is 0.600. The largest absolute Gasteiger partial charge is 0.462 e. The first-order valence-electron chi connectivity index (χ1n) is 4.58. The molecule has 0 fully saturated rings. The van der Waals surface area contributed by atoms with Crippen LogP contribution in [0.1, 0.15) is 13.8 Å². The highest BCUT2D eigenvalue weighted by atomic mass is 16.5. The molecule has 0 spiro atoms. The Bertz CT molecular complexity index is 216. The van der Waals surface area contributed by atoms with Gasteiger partial charge in [-0.05, 0) is 13.8 Å². The van der Waals surface area contributed by atoms with Gasteiger partial charge in [-0.15, -0.1) is 0 Å².